The van der Waals surface area contributed by atoms with E-state index < -0.39 is 12.0 Å². The monoisotopic (exact) mass is 448 g/mol. The first-order chi connectivity index (χ1) is 15.8. The number of hydroxylamine groups is 1. The van der Waals surface area contributed by atoms with Gasteiger partial charge in [0.25, 0.3) is 5.91 Å². The average Bonchev–Trinajstić information content (AvgIpc) is 3.37. The lowest BCUT2D eigenvalue weighted by atomic mass is 10.2. The maximum Gasteiger partial charge on any atom is 0.418 e. The summed E-state index contributed by atoms with van der Waals surface area (Å²) in [6.45, 7) is 5.55. The van der Waals surface area contributed by atoms with Gasteiger partial charge >= 0.3 is 6.09 Å². The molecule has 0 unspecified atom stereocenters. The van der Waals surface area contributed by atoms with Crippen molar-refractivity contribution in [3.63, 3.8) is 0 Å². The number of aromatic nitrogens is 4. The third-order valence-corrected chi connectivity index (χ3v) is 4.54. The van der Waals surface area contributed by atoms with Crippen LogP contribution in [0.3, 0.4) is 0 Å². The molecular weight excluding hydrogens is 428 g/mol. The summed E-state index contributed by atoms with van der Waals surface area (Å²) in [7, 11) is 0. The van der Waals surface area contributed by atoms with Crippen molar-refractivity contribution in [1.82, 2.24) is 25.2 Å². The number of furan rings is 1. The summed E-state index contributed by atoms with van der Waals surface area (Å²) in [4.78, 5) is 33.0. The van der Waals surface area contributed by atoms with Crippen LogP contribution >= 0.6 is 0 Å². The molecule has 168 valence electrons. The van der Waals surface area contributed by atoms with E-state index in [1.165, 1.54) is 29.7 Å². The summed E-state index contributed by atoms with van der Waals surface area (Å²) in [5.41, 5.74) is 3.30. The Bertz CT molecular complexity index is 1340. The summed E-state index contributed by atoms with van der Waals surface area (Å²) >= 11 is 0. The van der Waals surface area contributed by atoms with E-state index in [0.29, 0.717) is 17.3 Å². The lowest BCUT2D eigenvalue weighted by molar-refractivity contribution is 0.0706. The smallest absolute Gasteiger partial charge is 0.418 e. The Balaban J connectivity index is 1.64. The number of nitrogens with one attached hydrogen (secondary N) is 2. The topological polar surface area (TPSA) is 144 Å². The Morgan fingerprint density at radius 1 is 1.06 bits per heavy atom. The predicted molar refractivity (Wildman–Crippen MR) is 116 cm³/mol. The average molecular weight is 448 g/mol. The zero-order chi connectivity index (χ0) is 23.5. The second-order valence-corrected chi connectivity index (χ2v) is 7.17. The molecule has 11 heteroatoms. The molecule has 0 radical (unpaired) electrons. The second-order valence-electron chi connectivity index (χ2n) is 7.17. The van der Waals surface area contributed by atoms with Gasteiger partial charge in [-0.25, -0.2) is 24.9 Å². The normalized spacial score (nSPS) is 10.7. The molecule has 0 aliphatic carbocycles. The predicted octanol–water partition coefficient (Wildman–Crippen LogP) is 3.58. The molecule has 0 spiro atoms. The Morgan fingerprint density at radius 3 is 2.55 bits per heavy atom. The van der Waals surface area contributed by atoms with Gasteiger partial charge in [0, 0.05) is 17.3 Å². The standard InChI is InChI=1S/C22H20N6O5/c1-12-9-13(2)28(26-12)19-11-18(23-20(25-19)17-8-7-14(3)32-17)24-22(30)33-16-6-4-5-15(10-16)21(29)27-31/h4-11,31H,1-3H3,(H,27,29)(H,23,24,25,30). The Labute approximate surface area is 188 Å². The molecule has 2 amide bonds. The van der Waals surface area contributed by atoms with Gasteiger partial charge in [0.15, 0.2) is 17.4 Å². The number of benzene rings is 1. The molecule has 0 aliphatic heterocycles. The summed E-state index contributed by atoms with van der Waals surface area (Å²) in [6, 6.07) is 12.7. The third-order valence-electron chi connectivity index (χ3n) is 4.54. The zero-order valence-electron chi connectivity index (χ0n) is 18.0. The van der Waals surface area contributed by atoms with Crippen molar-refractivity contribution in [3.8, 4) is 23.2 Å². The number of nitrogens with zero attached hydrogens (tertiary/aromatic N) is 4. The van der Waals surface area contributed by atoms with Crippen molar-refractivity contribution in [3.05, 3.63) is 71.2 Å². The van der Waals surface area contributed by atoms with Crippen LogP contribution in [0.2, 0.25) is 0 Å². The number of rotatable bonds is 5. The van der Waals surface area contributed by atoms with Gasteiger partial charge in [-0.2, -0.15) is 5.10 Å². The quantitative estimate of drug-likeness (QED) is 0.310. The maximum atomic E-state index is 12.5. The van der Waals surface area contributed by atoms with Crippen LogP contribution in [0, 0.1) is 20.8 Å². The number of carbonyl (C=O) groups is 2. The molecule has 0 fully saturated rings. The van der Waals surface area contributed by atoms with E-state index in [1.54, 1.807) is 29.8 Å². The Morgan fingerprint density at radius 2 is 1.88 bits per heavy atom. The van der Waals surface area contributed by atoms with E-state index in [1.807, 2.05) is 19.9 Å². The number of carbonyl (C=O) groups excluding carboxylic acids is 2. The van der Waals surface area contributed by atoms with Gasteiger partial charge in [-0.3, -0.25) is 15.3 Å². The first kappa shape index (κ1) is 21.7. The van der Waals surface area contributed by atoms with Gasteiger partial charge in [0.05, 0.1) is 5.69 Å². The van der Waals surface area contributed by atoms with Crippen LogP contribution in [-0.2, 0) is 0 Å². The van der Waals surface area contributed by atoms with Crippen molar-refractivity contribution in [1.29, 1.82) is 0 Å². The fourth-order valence-corrected chi connectivity index (χ4v) is 3.14. The molecule has 4 aromatic rings. The van der Waals surface area contributed by atoms with Crippen LogP contribution in [0.1, 0.15) is 27.5 Å². The van der Waals surface area contributed by atoms with Gasteiger partial charge in [-0.05, 0) is 57.2 Å². The van der Waals surface area contributed by atoms with Crippen LogP contribution in [0.4, 0.5) is 10.6 Å². The van der Waals surface area contributed by atoms with Crippen molar-refractivity contribution in [2.45, 2.75) is 20.8 Å². The van der Waals surface area contributed by atoms with Crippen molar-refractivity contribution in [2.75, 3.05) is 5.32 Å². The zero-order valence-corrected chi connectivity index (χ0v) is 18.0. The van der Waals surface area contributed by atoms with E-state index in [-0.39, 0.29) is 23.0 Å². The minimum Gasteiger partial charge on any atom is -0.458 e. The molecule has 33 heavy (non-hydrogen) atoms. The third kappa shape index (κ3) is 4.88. The van der Waals surface area contributed by atoms with Crippen LogP contribution < -0.4 is 15.5 Å². The minimum atomic E-state index is -0.837. The second kappa shape index (κ2) is 8.93. The van der Waals surface area contributed by atoms with E-state index in [9.17, 15) is 9.59 Å². The van der Waals surface area contributed by atoms with E-state index in [2.05, 4.69) is 20.4 Å². The number of aryl methyl sites for hydroxylation is 3. The Kier molecular flexibility index (Phi) is 5.87. The first-order valence-electron chi connectivity index (χ1n) is 9.85. The highest BCUT2D eigenvalue weighted by molar-refractivity contribution is 5.94. The van der Waals surface area contributed by atoms with Crippen molar-refractivity contribution < 1.29 is 24.0 Å². The molecule has 0 bridgehead atoms. The number of anilines is 1. The van der Waals surface area contributed by atoms with Crippen LogP contribution in [0.5, 0.6) is 5.75 Å². The number of ether oxygens (including phenoxy) is 1. The largest absolute Gasteiger partial charge is 0.458 e. The molecule has 1 aromatic carbocycles. The SMILES string of the molecule is Cc1cc(C)n(-c2cc(NC(=O)Oc3cccc(C(=O)NO)c3)nc(-c3ccc(C)o3)n2)n1. The lowest BCUT2D eigenvalue weighted by Gasteiger charge is -2.10. The highest BCUT2D eigenvalue weighted by Crippen LogP contribution is 2.23. The van der Waals surface area contributed by atoms with Gasteiger partial charge in [0.1, 0.15) is 17.3 Å². The van der Waals surface area contributed by atoms with Crippen molar-refractivity contribution in [2.24, 2.45) is 0 Å². The fourth-order valence-electron chi connectivity index (χ4n) is 3.14. The van der Waals surface area contributed by atoms with Crippen molar-refractivity contribution >= 4 is 17.8 Å². The molecule has 3 aromatic heterocycles. The molecule has 11 nitrogen and oxygen atoms in total. The molecule has 0 atom stereocenters. The molecule has 0 saturated carbocycles. The molecule has 0 aliphatic rings. The van der Waals surface area contributed by atoms with E-state index >= 15 is 0 Å². The summed E-state index contributed by atoms with van der Waals surface area (Å²) in [5, 5.41) is 15.8. The fraction of sp³-hybridized carbons (Fsp3) is 0.136. The van der Waals surface area contributed by atoms with Gasteiger partial charge in [0.2, 0.25) is 0 Å². The number of amides is 2. The highest BCUT2D eigenvalue weighted by Gasteiger charge is 2.16. The van der Waals surface area contributed by atoms with Crippen LogP contribution in [-0.4, -0.2) is 37.0 Å². The first-order valence-corrected chi connectivity index (χ1v) is 9.85. The summed E-state index contributed by atoms with van der Waals surface area (Å²) in [5.74, 6) is 1.32. The molecular formula is C22H20N6O5. The lowest BCUT2D eigenvalue weighted by Crippen LogP contribution is -2.20. The van der Waals surface area contributed by atoms with E-state index in [4.69, 9.17) is 14.4 Å². The number of hydrogen-bond acceptors (Lipinski definition) is 8. The molecule has 0 saturated heterocycles. The molecule has 3 N–H and O–H groups in total. The van der Waals surface area contributed by atoms with Crippen LogP contribution in [0.15, 0.2) is 52.9 Å². The van der Waals surface area contributed by atoms with Crippen LogP contribution in [0.25, 0.3) is 17.4 Å². The summed E-state index contributed by atoms with van der Waals surface area (Å²) in [6.07, 6.45) is -0.837. The maximum absolute atomic E-state index is 12.5. The van der Waals surface area contributed by atoms with Gasteiger partial charge in [-0.1, -0.05) is 6.07 Å². The Hall–Kier alpha value is -4.51. The number of hydrogen-bond donors (Lipinski definition) is 3. The summed E-state index contributed by atoms with van der Waals surface area (Å²) < 4.78 is 12.5. The van der Waals surface area contributed by atoms with Gasteiger partial charge < -0.3 is 9.15 Å². The molecule has 4 rings (SSSR count). The van der Waals surface area contributed by atoms with Gasteiger partial charge in [-0.15, -0.1) is 0 Å². The highest BCUT2D eigenvalue weighted by atomic mass is 16.6. The minimum absolute atomic E-state index is 0.100. The molecule has 3 heterocycles. The van der Waals surface area contributed by atoms with E-state index in [0.717, 1.165) is 11.4 Å².